The van der Waals surface area contributed by atoms with Crippen molar-refractivity contribution in [2.45, 2.75) is 20.1 Å². The van der Waals surface area contributed by atoms with E-state index in [1.54, 1.807) is 31.2 Å². The van der Waals surface area contributed by atoms with Crippen molar-refractivity contribution in [2.75, 3.05) is 0 Å². The predicted octanol–water partition coefficient (Wildman–Crippen LogP) is 3.63. The van der Waals surface area contributed by atoms with Crippen molar-refractivity contribution < 1.29 is 23.5 Å². The molecule has 144 valence electrons. The van der Waals surface area contributed by atoms with Crippen molar-refractivity contribution in [3.63, 3.8) is 0 Å². The van der Waals surface area contributed by atoms with Crippen LogP contribution in [-0.4, -0.2) is 16.9 Å². The zero-order valence-corrected chi connectivity index (χ0v) is 15.8. The van der Waals surface area contributed by atoms with E-state index in [0.717, 1.165) is 5.56 Å². The molecule has 0 fully saturated rings. The zero-order chi connectivity index (χ0) is 20.1. The minimum absolute atomic E-state index is 0.0661. The van der Waals surface area contributed by atoms with Gasteiger partial charge in [-0.05, 0) is 48.9 Å². The molecule has 0 aliphatic rings. The predicted molar refractivity (Wildman–Crippen MR) is 102 cm³/mol. The summed E-state index contributed by atoms with van der Waals surface area (Å²) in [6.45, 7) is 1.95. The normalized spacial score (nSPS) is 10.5. The van der Waals surface area contributed by atoms with Gasteiger partial charge in [0.15, 0.2) is 0 Å². The van der Waals surface area contributed by atoms with Gasteiger partial charge in [0.25, 0.3) is 0 Å². The third-order valence-electron chi connectivity index (χ3n) is 3.81. The largest absolute Gasteiger partial charge is 0.486 e. The molecule has 6 nitrogen and oxygen atoms in total. The van der Waals surface area contributed by atoms with E-state index in [1.165, 1.54) is 35.6 Å². The number of nitrogens with two attached hydrogens (primary N) is 1. The van der Waals surface area contributed by atoms with Crippen molar-refractivity contribution in [3.8, 4) is 5.75 Å². The van der Waals surface area contributed by atoms with Crippen LogP contribution in [0.4, 0.5) is 4.39 Å². The standard InChI is InChI=1S/C20H17FN2O4S/c1-12-18(20(25)27-10-13-2-4-14(5-3-13)19(22)24)28-17(23-12)11-26-16-8-6-15(21)7-9-16/h2-9H,10-11H2,1H3,(H2,22,24). The molecule has 0 aliphatic carbocycles. The molecule has 2 N–H and O–H groups in total. The Kier molecular flexibility index (Phi) is 6.00. The Bertz CT molecular complexity index is 984. The van der Waals surface area contributed by atoms with Crippen LogP contribution in [0.3, 0.4) is 0 Å². The molecule has 0 saturated carbocycles. The second-order valence-electron chi connectivity index (χ2n) is 5.90. The number of nitrogens with zero attached hydrogens (tertiary/aromatic N) is 1. The first kappa shape index (κ1) is 19.5. The molecule has 3 aromatic rings. The summed E-state index contributed by atoms with van der Waals surface area (Å²) in [4.78, 5) is 28.1. The maximum atomic E-state index is 12.9. The molecule has 3 rings (SSSR count). The number of benzene rings is 2. The fraction of sp³-hybridized carbons (Fsp3) is 0.150. The molecule has 0 saturated heterocycles. The number of amides is 1. The maximum absolute atomic E-state index is 12.9. The van der Waals surface area contributed by atoms with E-state index in [9.17, 15) is 14.0 Å². The molecule has 1 aromatic heterocycles. The summed E-state index contributed by atoms with van der Waals surface area (Å²) in [5.41, 5.74) is 6.87. The first-order valence-electron chi connectivity index (χ1n) is 8.33. The quantitative estimate of drug-likeness (QED) is 0.612. The smallest absolute Gasteiger partial charge is 0.350 e. The van der Waals surface area contributed by atoms with Crippen LogP contribution in [0, 0.1) is 12.7 Å². The van der Waals surface area contributed by atoms with Crippen molar-refractivity contribution >= 4 is 23.2 Å². The van der Waals surface area contributed by atoms with Gasteiger partial charge in [-0.15, -0.1) is 11.3 Å². The van der Waals surface area contributed by atoms with E-state index in [4.69, 9.17) is 15.2 Å². The van der Waals surface area contributed by atoms with Gasteiger partial charge in [0, 0.05) is 5.56 Å². The number of aryl methyl sites for hydroxylation is 1. The number of halogens is 1. The second-order valence-corrected chi connectivity index (χ2v) is 6.99. The molecule has 0 bridgehead atoms. The van der Waals surface area contributed by atoms with Gasteiger partial charge < -0.3 is 15.2 Å². The third kappa shape index (κ3) is 4.92. The van der Waals surface area contributed by atoms with Crippen LogP contribution in [0.5, 0.6) is 5.75 Å². The molecule has 0 radical (unpaired) electrons. The molecule has 0 atom stereocenters. The number of hydrogen-bond donors (Lipinski definition) is 1. The topological polar surface area (TPSA) is 91.5 Å². The van der Waals surface area contributed by atoms with Crippen molar-refractivity contribution in [1.82, 2.24) is 4.98 Å². The lowest BCUT2D eigenvalue weighted by Crippen LogP contribution is -2.10. The summed E-state index contributed by atoms with van der Waals surface area (Å²) >= 11 is 1.19. The molecule has 1 heterocycles. The van der Waals surface area contributed by atoms with Crippen LogP contribution >= 0.6 is 11.3 Å². The van der Waals surface area contributed by atoms with Crippen LogP contribution in [0.25, 0.3) is 0 Å². The van der Waals surface area contributed by atoms with Gasteiger partial charge in [0.05, 0.1) is 5.69 Å². The molecule has 0 aliphatic heterocycles. The second kappa shape index (κ2) is 8.62. The molecule has 28 heavy (non-hydrogen) atoms. The fourth-order valence-electron chi connectivity index (χ4n) is 2.36. The van der Waals surface area contributed by atoms with Crippen LogP contribution in [0.1, 0.15) is 36.3 Å². The van der Waals surface area contributed by atoms with Crippen LogP contribution in [0.2, 0.25) is 0 Å². The Morgan fingerprint density at radius 1 is 1.07 bits per heavy atom. The third-order valence-corrected chi connectivity index (χ3v) is 4.92. The number of primary amides is 1. The Balaban J connectivity index is 1.57. The van der Waals surface area contributed by atoms with E-state index in [1.807, 2.05) is 0 Å². The number of carbonyl (C=O) groups excluding carboxylic acids is 2. The maximum Gasteiger partial charge on any atom is 0.350 e. The highest BCUT2D eigenvalue weighted by Crippen LogP contribution is 2.22. The summed E-state index contributed by atoms with van der Waals surface area (Å²) in [6, 6.07) is 12.2. The summed E-state index contributed by atoms with van der Waals surface area (Å²) in [6.07, 6.45) is 0. The summed E-state index contributed by atoms with van der Waals surface area (Å²) in [5, 5.41) is 0.611. The molecule has 0 spiro atoms. The van der Waals surface area contributed by atoms with Crippen LogP contribution < -0.4 is 10.5 Å². The van der Waals surface area contributed by atoms with Crippen molar-refractivity contribution in [1.29, 1.82) is 0 Å². The summed E-state index contributed by atoms with van der Waals surface area (Å²) in [5.74, 6) is -0.828. The first-order chi connectivity index (χ1) is 13.4. The van der Waals surface area contributed by atoms with Gasteiger partial charge in [0.2, 0.25) is 5.91 Å². The minimum atomic E-state index is -0.515. The number of hydrogen-bond acceptors (Lipinski definition) is 6. The highest BCUT2D eigenvalue weighted by Gasteiger charge is 2.17. The Labute approximate surface area is 164 Å². The number of aromatic nitrogens is 1. The average molecular weight is 400 g/mol. The average Bonchev–Trinajstić information content (AvgIpc) is 3.06. The molecular weight excluding hydrogens is 383 g/mol. The zero-order valence-electron chi connectivity index (χ0n) is 15.0. The summed E-state index contributed by atoms with van der Waals surface area (Å²) < 4.78 is 23.8. The van der Waals surface area contributed by atoms with Gasteiger partial charge >= 0.3 is 5.97 Å². The number of rotatable bonds is 7. The van der Waals surface area contributed by atoms with E-state index in [2.05, 4.69) is 4.98 Å². The molecule has 1 amide bonds. The van der Waals surface area contributed by atoms with Crippen LogP contribution in [0.15, 0.2) is 48.5 Å². The van der Waals surface area contributed by atoms with Gasteiger partial charge in [-0.1, -0.05) is 12.1 Å². The number of esters is 1. The molecular formula is C20H17FN2O4S. The highest BCUT2D eigenvalue weighted by molar-refractivity contribution is 7.13. The van der Waals surface area contributed by atoms with Crippen molar-refractivity contribution in [3.05, 3.63) is 81.1 Å². The van der Waals surface area contributed by atoms with Crippen LogP contribution in [-0.2, 0) is 18.0 Å². The lowest BCUT2D eigenvalue weighted by molar-refractivity contribution is 0.0477. The van der Waals surface area contributed by atoms with Crippen molar-refractivity contribution in [2.24, 2.45) is 5.73 Å². The Hall–Kier alpha value is -3.26. The molecule has 0 unspecified atom stereocenters. The highest BCUT2D eigenvalue weighted by atomic mass is 32.1. The SMILES string of the molecule is Cc1nc(COc2ccc(F)cc2)sc1C(=O)OCc1ccc(C(N)=O)cc1. The monoisotopic (exact) mass is 400 g/mol. The number of carbonyl (C=O) groups is 2. The minimum Gasteiger partial charge on any atom is -0.486 e. The van der Waals surface area contributed by atoms with E-state index in [-0.39, 0.29) is 19.0 Å². The van der Waals surface area contributed by atoms with E-state index in [0.29, 0.717) is 26.9 Å². The lowest BCUT2D eigenvalue weighted by Gasteiger charge is -2.04. The first-order valence-corrected chi connectivity index (χ1v) is 9.14. The van der Waals surface area contributed by atoms with Gasteiger partial charge in [0.1, 0.15) is 34.7 Å². The lowest BCUT2D eigenvalue weighted by atomic mass is 10.1. The van der Waals surface area contributed by atoms with E-state index < -0.39 is 11.9 Å². The Morgan fingerprint density at radius 2 is 1.75 bits per heavy atom. The fourth-order valence-corrected chi connectivity index (χ4v) is 3.23. The van der Waals surface area contributed by atoms with Gasteiger partial charge in [-0.25, -0.2) is 14.2 Å². The Morgan fingerprint density at radius 3 is 2.39 bits per heavy atom. The van der Waals surface area contributed by atoms with E-state index >= 15 is 0 Å². The molecule has 2 aromatic carbocycles. The molecule has 8 heteroatoms. The van der Waals surface area contributed by atoms with Gasteiger partial charge in [-0.2, -0.15) is 0 Å². The summed E-state index contributed by atoms with van der Waals surface area (Å²) in [7, 11) is 0. The number of ether oxygens (including phenoxy) is 2. The van der Waals surface area contributed by atoms with Gasteiger partial charge in [-0.3, -0.25) is 4.79 Å². The number of thiazole rings is 1.